The molecule has 17 heavy (non-hydrogen) atoms. The fraction of sp³-hybridized carbons (Fsp3) is 0.615. The lowest BCUT2D eigenvalue weighted by Gasteiger charge is -2.24. The van der Waals surface area contributed by atoms with Crippen molar-refractivity contribution in [2.45, 2.75) is 26.8 Å². The van der Waals surface area contributed by atoms with Gasteiger partial charge in [0.15, 0.2) is 0 Å². The number of ether oxygens (including phenoxy) is 1. The highest BCUT2D eigenvalue weighted by molar-refractivity contribution is 5.45. The molecule has 0 fully saturated rings. The van der Waals surface area contributed by atoms with Crippen LogP contribution in [-0.2, 0) is 0 Å². The van der Waals surface area contributed by atoms with Crippen molar-refractivity contribution in [2.24, 2.45) is 0 Å². The molecular weight excluding hydrogens is 214 g/mol. The van der Waals surface area contributed by atoms with Crippen molar-refractivity contribution in [1.29, 1.82) is 0 Å². The molecule has 0 aliphatic rings. The van der Waals surface area contributed by atoms with E-state index in [1.807, 2.05) is 12.1 Å². The molecule has 0 radical (unpaired) electrons. The molecule has 0 bridgehead atoms. The summed E-state index contributed by atoms with van der Waals surface area (Å²) in [4.78, 5) is 6.48. The van der Waals surface area contributed by atoms with Gasteiger partial charge in [-0.25, -0.2) is 4.98 Å². The van der Waals surface area contributed by atoms with Crippen LogP contribution in [0.1, 0.15) is 20.8 Å². The van der Waals surface area contributed by atoms with E-state index in [0.717, 1.165) is 25.3 Å². The van der Waals surface area contributed by atoms with Gasteiger partial charge < -0.3 is 15.0 Å². The van der Waals surface area contributed by atoms with Crippen molar-refractivity contribution >= 4 is 5.69 Å². The van der Waals surface area contributed by atoms with Gasteiger partial charge >= 0.3 is 0 Å². The van der Waals surface area contributed by atoms with Crippen LogP contribution in [0.5, 0.6) is 5.88 Å². The normalized spacial score (nSPS) is 12.5. The highest BCUT2D eigenvalue weighted by Gasteiger charge is 2.07. The summed E-state index contributed by atoms with van der Waals surface area (Å²) >= 11 is 0. The SMILES string of the molecule is CCN(CC)CC(C)Nc1ccnc(OC)c1. The number of anilines is 1. The van der Waals surface area contributed by atoms with Crippen LogP contribution >= 0.6 is 0 Å². The Morgan fingerprint density at radius 1 is 1.41 bits per heavy atom. The van der Waals surface area contributed by atoms with Crippen LogP contribution in [0.15, 0.2) is 18.3 Å². The molecule has 0 amide bonds. The van der Waals surface area contributed by atoms with Crippen molar-refractivity contribution in [2.75, 3.05) is 32.1 Å². The Balaban J connectivity index is 2.52. The van der Waals surface area contributed by atoms with Crippen molar-refractivity contribution in [3.8, 4) is 5.88 Å². The maximum absolute atomic E-state index is 5.10. The second-order valence-electron chi connectivity index (χ2n) is 4.12. The molecule has 0 saturated carbocycles. The smallest absolute Gasteiger partial charge is 0.214 e. The van der Waals surface area contributed by atoms with E-state index in [9.17, 15) is 0 Å². The predicted octanol–water partition coefficient (Wildman–Crippen LogP) is 2.23. The summed E-state index contributed by atoms with van der Waals surface area (Å²) in [6.07, 6.45) is 1.76. The van der Waals surface area contributed by atoms with Gasteiger partial charge in [-0.3, -0.25) is 0 Å². The van der Waals surface area contributed by atoms with E-state index in [1.54, 1.807) is 13.3 Å². The van der Waals surface area contributed by atoms with Crippen LogP contribution in [0.25, 0.3) is 0 Å². The quantitative estimate of drug-likeness (QED) is 0.789. The second kappa shape index (κ2) is 7.12. The first-order valence-corrected chi connectivity index (χ1v) is 6.18. The highest BCUT2D eigenvalue weighted by atomic mass is 16.5. The molecule has 0 spiro atoms. The van der Waals surface area contributed by atoms with E-state index in [4.69, 9.17) is 4.74 Å². The molecule has 1 N–H and O–H groups in total. The van der Waals surface area contributed by atoms with E-state index in [2.05, 4.69) is 36.0 Å². The van der Waals surface area contributed by atoms with Crippen molar-refractivity contribution in [3.63, 3.8) is 0 Å². The lowest BCUT2D eigenvalue weighted by Crippen LogP contribution is -2.34. The average Bonchev–Trinajstić information content (AvgIpc) is 2.36. The molecule has 0 aliphatic heterocycles. The molecule has 1 rings (SSSR count). The Kier molecular flexibility index (Phi) is 5.77. The summed E-state index contributed by atoms with van der Waals surface area (Å²) in [6.45, 7) is 9.77. The third-order valence-electron chi connectivity index (χ3n) is 2.78. The Hall–Kier alpha value is -1.29. The Morgan fingerprint density at radius 2 is 2.12 bits per heavy atom. The number of hydrogen-bond donors (Lipinski definition) is 1. The summed E-state index contributed by atoms with van der Waals surface area (Å²) in [7, 11) is 1.63. The van der Waals surface area contributed by atoms with Crippen LogP contribution in [0.2, 0.25) is 0 Å². The standard InChI is InChI=1S/C13H23N3O/c1-5-16(6-2)10-11(3)15-12-7-8-14-13(9-12)17-4/h7-9,11H,5-6,10H2,1-4H3,(H,14,15). The monoisotopic (exact) mass is 237 g/mol. The van der Waals surface area contributed by atoms with E-state index in [1.165, 1.54) is 0 Å². The molecule has 1 aromatic heterocycles. The number of hydrogen-bond acceptors (Lipinski definition) is 4. The maximum atomic E-state index is 5.10. The minimum atomic E-state index is 0.405. The van der Waals surface area contributed by atoms with Crippen LogP contribution in [0, 0.1) is 0 Å². The number of methoxy groups -OCH3 is 1. The summed E-state index contributed by atoms with van der Waals surface area (Å²) in [5, 5.41) is 3.45. The fourth-order valence-corrected chi connectivity index (χ4v) is 1.81. The van der Waals surface area contributed by atoms with E-state index >= 15 is 0 Å². The van der Waals surface area contributed by atoms with Crippen LogP contribution < -0.4 is 10.1 Å². The maximum Gasteiger partial charge on any atom is 0.214 e. The Labute approximate surface area is 104 Å². The molecule has 4 heteroatoms. The van der Waals surface area contributed by atoms with Gasteiger partial charge in [-0.15, -0.1) is 0 Å². The third-order valence-corrected chi connectivity index (χ3v) is 2.78. The summed E-state index contributed by atoms with van der Waals surface area (Å²) in [6, 6.07) is 4.28. The lowest BCUT2D eigenvalue weighted by molar-refractivity contribution is 0.295. The van der Waals surface area contributed by atoms with Gasteiger partial charge in [0.1, 0.15) is 0 Å². The molecule has 1 heterocycles. The lowest BCUT2D eigenvalue weighted by atomic mass is 10.2. The molecule has 96 valence electrons. The summed E-state index contributed by atoms with van der Waals surface area (Å²) in [5.74, 6) is 0.644. The molecule has 1 aromatic rings. The minimum Gasteiger partial charge on any atom is -0.481 e. The molecule has 0 saturated heterocycles. The molecule has 1 unspecified atom stereocenters. The first-order valence-electron chi connectivity index (χ1n) is 6.18. The first kappa shape index (κ1) is 13.8. The van der Waals surface area contributed by atoms with Crippen LogP contribution in [0.3, 0.4) is 0 Å². The number of likely N-dealkylation sites (N-methyl/N-ethyl adjacent to an activating group) is 1. The Morgan fingerprint density at radius 3 is 2.71 bits per heavy atom. The van der Waals surface area contributed by atoms with Crippen LogP contribution in [0.4, 0.5) is 5.69 Å². The van der Waals surface area contributed by atoms with Crippen molar-refractivity contribution in [3.05, 3.63) is 18.3 Å². The number of pyridine rings is 1. The molecule has 4 nitrogen and oxygen atoms in total. The highest BCUT2D eigenvalue weighted by Crippen LogP contribution is 2.14. The molecule has 0 aliphatic carbocycles. The molecule has 0 aromatic carbocycles. The fourth-order valence-electron chi connectivity index (χ4n) is 1.81. The van der Waals surface area contributed by atoms with E-state index in [-0.39, 0.29) is 0 Å². The van der Waals surface area contributed by atoms with Crippen LogP contribution in [-0.4, -0.2) is 42.7 Å². The first-order chi connectivity index (χ1) is 8.19. The van der Waals surface area contributed by atoms with E-state index < -0.39 is 0 Å². The van der Waals surface area contributed by atoms with E-state index in [0.29, 0.717) is 11.9 Å². The molecule has 1 atom stereocenters. The minimum absolute atomic E-state index is 0.405. The largest absolute Gasteiger partial charge is 0.481 e. The molecular formula is C13H23N3O. The average molecular weight is 237 g/mol. The van der Waals surface area contributed by atoms with Gasteiger partial charge in [-0.2, -0.15) is 0 Å². The number of nitrogens with one attached hydrogen (secondary N) is 1. The van der Waals surface area contributed by atoms with Crippen molar-refractivity contribution < 1.29 is 4.74 Å². The zero-order valence-corrected chi connectivity index (χ0v) is 11.2. The zero-order valence-electron chi connectivity index (χ0n) is 11.2. The summed E-state index contributed by atoms with van der Waals surface area (Å²) in [5.41, 5.74) is 1.05. The number of nitrogens with zero attached hydrogens (tertiary/aromatic N) is 2. The van der Waals surface area contributed by atoms with Gasteiger partial charge in [-0.05, 0) is 26.1 Å². The predicted molar refractivity (Wildman–Crippen MR) is 71.7 cm³/mol. The van der Waals surface area contributed by atoms with Gasteiger partial charge in [0.05, 0.1) is 7.11 Å². The second-order valence-corrected chi connectivity index (χ2v) is 4.12. The van der Waals surface area contributed by atoms with Gasteiger partial charge in [0, 0.05) is 30.5 Å². The summed E-state index contributed by atoms with van der Waals surface area (Å²) < 4.78 is 5.10. The zero-order chi connectivity index (χ0) is 12.7. The van der Waals surface area contributed by atoms with Crippen molar-refractivity contribution in [1.82, 2.24) is 9.88 Å². The van der Waals surface area contributed by atoms with Gasteiger partial charge in [-0.1, -0.05) is 13.8 Å². The number of aromatic nitrogens is 1. The Bertz CT molecular complexity index is 326. The third kappa shape index (κ3) is 4.61. The van der Waals surface area contributed by atoms with Gasteiger partial charge in [0.2, 0.25) is 5.88 Å². The topological polar surface area (TPSA) is 37.4 Å². The van der Waals surface area contributed by atoms with Gasteiger partial charge in [0.25, 0.3) is 0 Å². The number of rotatable bonds is 7.